The van der Waals surface area contributed by atoms with Gasteiger partial charge in [0.1, 0.15) is 23.0 Å². The molecule has 2 aromatic heterocycles. The lowest BCUT2D eigenvalue weighted by Crippen LogP contribution is -2.33. The average molecular weight is 1400 g/mol. The normalized spacial score (nSPS) is 15.7. The molecule has 5 aliphatic rings. The lowest BCUT2D eigenvalue weighted by molar-refractivity contribution is 0.433. The van der Waals surface area contributed by atoms with Gasteiger partial charge in [0.15, 0.2) is 11.6 Å². The number of aromatic nitrogens is 4. The van der Waals surface area contributed by atoms with Crippen molar-refractivity contribution in [2.75, 3.05) is 0 Å². The van der Waals surface area contributed by atoms with Crippen LogP contribution in [0.2, 0.25) is 0 Å². The van der Waals surface area contributed by atoms with E-state index in [1.54, 1.807) is 0 Å². The van der Waals surface area contributed by atoms with Crippen LogP contribution < -0.4 is 9.47 Å². The standard InChI is InChI=1S/C104H66N4O2/c1-3-23-72(24-4-1)101-105-93(63-94(106-101)70-53-47-67(48-54-70)79-33-20-40-91-99(79)109-97-42-17-15-38-89(97)103(91)85-35-12-9-30-81(85)82-31-10-13-36-86(82)103)69-51-44-66(45-52-69)75-28-19-29-76(60-75)77-58-59-88-84(62-77)83-32-11-14-37-87(83)104(88)90-39-16-18-43-98(90)110-100-80(34-21-41-92(100)104)68-49-55-71(56-50-68)95-64-96(108-102(107-95)73-25-5-2-6-26-73)78-57-46-65-22-7-8-27-74(65)61-78/h1-12,14-35,37-64H,13,36H2. The molecular weight excluding hydrogens is 1340 g/mol. The van der Waals surface area contributed by atoms with Crippen molar-refractivity contribution >= 4 is 16.3 Å². The first-order valence-corrected chi connectivity index (χ1v) is 37.9. The molecule has 4 heterocycles. The molecule has 6 nitrogen and oxygen atoms in total. The van der Waals surface area contributed by atoms with Crippen LogP contribution in [-0.4, -0.2) is 19.9 Å². The van der Waals surface area contributed by atoms with Gasteiger partial charge < -0.3 is 9.47 Å². The van der Waals surface area contributed by atoms with Crippen molar-refractivity contribution in [2.45, 2.75) is 23.7 Å². The lowest BCUT2D eigenvalue weighted by atomic mass is 9.63. The number of nitrogens with zero attached hydrogens (tertiary/aromatic N) is 4. The van der Waals surface area contributed by atoms with Gasteiger partial charge >= 0.3 is 0 Å². The molecule has 110 heavy (non-hydrogen) atoms. The van der Waals surface area contributed by atoms with Crippen LogP contribution in [0.3, 0.4) is 0 Å². The number of allylic oxidation sites excluding steroid dienone is 4. The Balaban J connectivity index is 0.578. The highest BCUT2D eigenvalue weighted by atomic mass is 16.5. The molecule has 2 aliphatic heterocycles. The second kappa shape index (κ2) is 25.2. The molecular formula is C104H66N4O2. The number of fused-ring (bicyclic) bond motifs is 18. The van der Waals surface area contributed by atoms with Crippen molar-refractivity contribution in [3.05, 3.63) is 426 Å². The molecule has 514 valence electrons. The highest BCUT2D eigenvalue weighted by molar-refractivity contribution is 5.96. The second-order valence-corrected chi connectivity index (χ2v) is 29.3. The van der Waals surface area contributed by atoms with Crippen LogP contribution in [0, 0.1) is 0 Å². The summed E-state index contributed by atoms with van der Waals surface area (Å²) in [5.74, 6) is 4.85. The third kappa shape index (κ3) is 9.89. The summed E-state index contributed by atoms with van der Waals surface area (Å²) >= 11 is 0. The van der Waals surface area contributed by atoms with Gasteiger partial charge in [-0.2, -0.15) is 0 Å². The Morgan fingerprint density at radius 2 is 0.636 bits per heavy atom. The van der Waals surface area contributed by atoms with E-state index in [0.29, 0.717) is 11.6 Å². The molecule has 0 fully saturated rings. The van der Waals surface area contributed by atoms with Crippen molar-refractivity contribution in [3.63, 3.8) is 0 Å². The van der Waals surface area contributed by atoms with Crippen LogP contribution in [0.4, 0.5) is 0 Å². The summed E-state index contributed by atoms with van der Waals surface area (Å²) in [6, 6.07) is 131. The summed E-state index contributed by atoms with van der Waals surface area (Å²) in [6.07, 6.45) is 6.67. The van der Waals surface area contributed by atoms with Crippen molar-refractivity contribution in [3.8, 4) is 146 Å². The Morgan fingerprint density at radius 1 is 0.236 bits per heavy atom. The Morgan fingerprint density at radius 3 is 1.24 bits per heavy atom. The molecule has 0 bridgehead atoms. The molecule has 0 saturated heterocycles. The van der Waals surface area contributed by atoms with Crippen LogP contribution >= 0.6 is 0 Å². The Labute approximate surface area is 638 Å². The second-order valence-electron chi connectivity index (χ2n) is 29.3. The first kappa shape index (κ1) is 63.1. The van der Waals surface area contributed by atoms with Gasteiger partial charge in [0.05, 0.1) is 33.6 Å². The van der Waals surface area contributed by atoms with Crippen LogP contribution in [0.1, 0.15) is 57.3 Å². The number of rotatable bonds is 10. The smallest absolute Gasteiger partial charge is 0.160 e. The zero-order chi connectivity index (χ0) is 72.4. The zero-order valence-corrected chi connectivity index (χ0v) is 59.8. The molecule has 22 rings (SSSR count). The maximum absolute atomic E-state index is 7.21. The summed E-state index contributed by atoms with van der Waals surface area (Å²) in [6.45, 7) is 0. The van der Waals surface area contributed by atoms with Crippen molar-refractivity contribution in [2.24, 2.45) is 0 Å². The summed E-state index contributed by atoms with van der Waals surface area (Å²) in [4.78, 5) is 20.9. The Kier molecular flexibility index (Phi) is 14.5. The van der Waals surface area contributed by atoms with Gasteiger partial charge in [-0.3, -0.25) is 0 Å². The Bertz CT molecular complexity index is 6700. The number of para-hydroxylation sites is 4. The topological polar surface area (TPSA) is 70.0 Å². The molecule has 3 aliphatic carbocycles. The molecule has 2 unspecified atom stereocenters. The van der Waals surface area contributed by atoms with Gasteiger partial charge in [0.2, 0.25) is 0 Å². The summed E-state index contributed by atoms with van der Waals surface area (Å²) in [5, 5.41) is 2.36. The van der Waals surface area contributed by atoms with Gasteiger partial charge in [0.25, 0.3) is 0 Å². The molecule has 0 N–H and O–H groups in total. The van der Waals surface area contributed by atoms with Gasteiger partial charge in [-0.25, -0.2) is 19.9 Å². The largest absolute Gasteiger partial charge is 0.456 e. The maximum Gasteiger partial charge on any atom is 0.160 e. The van der Waals surface area contributed by atoms with E-state index < -0.39 is 10.8 Å². The summed E-state index contributed by atoms with van der Waals surface area (Å²) in [7, 11) is 0. The van der Waals surface area contributed by atoms with E-state index in [-0.39, 0.29) is 0 Å². The Hall–Kier alpha value is -14.2. The van der Waals surface area contributed by atoms with Crippen LogP contribution in [-0.2, 0) is 10.8 Å². The molecule has 0 amide bonds. The van der Waals surface area contributed by atoms with Gasteiger partial charge in [-0.05, 0) is 144 Å². The highest BCUT2D eigenvalue weighted by Crippen LogP contribution is 2.66. The number of benzene rings is 15. The minimum atomic E-state index is -0.671. The van der Waals surface area contributed by atoms with E-state index in [9.17, 15) is 0 Å². The van der Waals surface area contributed by atoms with E-state index >= 15 is 0 Å². The zero-order valence-electron chi connectivity index (χ0n) is 59.8. The quantitative estimate of drug-likeness (QED) is 0.136. The molecule has 2 spiro atoms. The van der Waals surface area contributed by atoms with Gasteiger partial charge in [0, 0.05) is 66.8 Å². The van der Waals surface area contributed by atoms with E-state index in [2.05, 4.69) is 340 Å². The van der Waals surface area contributed by atoms with Crippen molar-refractivity contribution < 1.29 is 9.47 Å². The molecule has 6 heteroatoms. The fraction of sp³-hybridized carbons (Fsp3) is 0.0385. The molecule has 0 saturated carbocycles. The average Bonchev–Trinajstić information content (AvgIpc) is 1.49. The SMILES string of the molecule is C1=CC2=C(CC1)C1(c3ccccc3Oc3c(-c4ccc(-c5cc(-c6ccc(-c7cccc(-c8ccc9c(c8)-c8ccccc8C98c9ccccc9Oc9c(-c%10ccc(-c%11cc(-c%12ccc%13ccccc%13c%12)nc(-c%12ccccc%12)n%11)cc%10)cccc98)c7)cc6)nc(-c6ccccc6)n5)cc4)cccc31)c1ccccc12. The van der Waals surface area contributed by atoms with Crippen LogP contribution in [0.15, 0.2) is 382 Å². The minimum absolute atomic E-state index is 0.462. The van der Waals surface area contributed by atoms with Crippen molar-refractivity contribution in [1.29, 1.82) is 0 Å². The lowest BCUT2D eigenvalue weighted by Gasteiger charge is -2.41. The van der Waals surface area contributed by atoms with E-state index in [0.717, 1.165) is 148 Å². The predicted octanol–water partition coefficient (Wildman–Crippen LogP) is 26.1. The number of ether oxygens (including phenoxy) is 2. The minimum Gasteiger partial charge on any atom is -0.456 e. The first-order valence-electron chi connectivity index (χ1n) is 37.9. The van der Waals surface area contributed by atoms with E-state index in [1.807, 2.05) is 36.4 Å². The molecule has 0 radical (unpaired) electrons. The first-order chi connectivity index (χ1) is 54.5. The molecule has 15 aromatic carbocycles. The number of hydrogen-bond acceptors (Lipinski definition) is 6. The van der Waals surface area contributed by atoms with Crippen LogP contribution in [0.25, 0.3) is 140 Å². The molecule has 17 aromatic rings. The molecule has 2 atom stereocenters. The summed E-state index contributed by atoms with van der Waals surface area (Å²) in [5.41, 5.74) is 31.8. The van der Waals surface area contributed by atoms with Crippen molar-refractivity contribution in [1.82, 2.24) is 19.9 Å². The third-order valence-corrected chi connectivity index (χ3v) is 23.4. The third-order valence-electron chi connectivity index (χ3n) is 23.4. The van der Waals surface area contributed by atoms with Gasteiger partial charge in [-0.1, -0.05) is 334 Å². The summed E-state index contributed by atoms with van der Waals surface area (Å²) < 4.78 is 14.3. The van der Waals surface area contributed by atoms with E-state index in [1.165, 1.54) is 66.4 Å². The predicted molar refractivity (Wildman–Crippen MR) is 445 cm³/mol. The van der Waals surface area contributed by atoms with Gasteiger partial charge in [-0.15, -0.1) is 0 Å². The highest BCUT2D eigenvalue weighted by Gasteiger charge is 2.54. The van der Waals surface area contributed by atoms with E-state index in [4.69, 9.17) is 29.4 Å². The maximum atomic E-state index is 7.21. The number of hydrogen-bond donors (Lipinski definition) is 0. The fourth-order valence-corrected chi connectivity index (χ4v) is 18.4. The fourth-order valence-electron chi connectivity index (χ4n) is 18.4. The van der Waals surface area contributed by atoms with Crippen LogP contribution in [0.5, 0.6) is 23.0 Å². The monoisotopic (exact) mass is 1400 g/mol.